The third-order valence-corrected chi connectivity index (χ3v) is 2.95. The van der Waals surface area contributed by atoms with Gasteiger partial charge in [-0.05, 0) is 32.9 Å². The molecule has 4 nitrogen and oxygen atoms in total. The average Bonchev–Trinajstić information content (AvgIpc) is 2.55. The van der Waals surface area contributed by atoms with Gasteiger partial charge < -0.3 is 16.0 Å². The lowest BCUT2D eigenvalue weighted by Gasteiger charge is -2.19. The fraction of sp³-hybridized carbons (Fsp3) is 0.769. The highest BCUT2D eigenvalue weighted by atomic mass is 127. The van der Waals surface area contributed by atoms with E-state index in [-0.39, 0.29) is 24.0 Å². The molecule has 0 aromatic rings. The monoisotopic (exact) mass is 366 g/mol. The van der Waals surface area contributed by atoms with E-state index in [1.807, 2.05) is 6.92 Å². The molecule has 0 aliphatic carbocycles. The van der Waals surface area contributed by atoms with Gasteiger partial charge in [0.15, 0.2) is 5.96 Å². The number of rotatable bonds is 5. The summed E-state index contributed by atoms with van der Waals surface area (Å²) in [4.78, 5) is 6.70. The Kier molecular flexibility index (Phi) is 10.4. The van der Waals surface area contributed by atoms with Crippen LogP contribution in [0.25, 0.3) is 0 Å². The van der Waals surface area contributed by atoms with Gasteiger partial charge in [-0.1, -0.05) is 25.0 Å². The number of likely N-dealkylation sites (tertiary alicyclic amines) is 1. The highest BCUT2D eigenvalue weighted by Crippen LogP contribution is 2.08. The first-order valence-electron chi connectivity index (χ1n) is 6.59. The van der Waals surface area contributed by atoms with Gasteiger partial charge in [0.05, 0.1) is 6.54 Å². The molecule has 1 aliphatic rings. The van der Waals surface area contributed by atoms with Crippen LogP contribution >= 0.6 is 24.0 Å². The number of hydrogen-bond donors (Lipinski definition) is 2. The Morgan fingerprint density at radius 2 is 1.89 bits per heavy atom. The lowest BCUT2D eigenvalue weighted by Crippen LogP contribution is -2.39. The predicted molar refractivity (Wildman–Crippen MR) is 89.6 cm³/mol. The van der Waals surface area contributed by atoms with E-state index in [1.165, 1.54) is 38.8 Å². The number of aliphatic imine (C=N–C) groups is 1. The normalized spacial score (nSPS) is 17.7. The number of guanidine groups is 1. The molecular formula is C13H27IN4. The Morgan fingerprint density at radius 3 is 2.44 bits per heavy atom. The van der Waals surface area contributed by atoms with Gasteiger partial charge in [-0.15, -0.1) is 24.0 Å². The van der Waals surface area contributed by atoms with Crippen molar-refractivity contribution >= 4 is 29.9 Å². The summed E-state index contributed by atoms with van der Waals surface area (Å²) in [7, 11) is 0. The van der Waals surface area contributed by atoms with Gasteiger partial charge >= 0.3 is 0 Å². The van der Waals surface area contributed by atoms with E-state index in [2.05, 4.69) is 21.8 Å². The molecule has 0 atom stereocenters. The van der Waals surface area contributed by atoms with Gasteiger partial charge in [0.1, 0.15) is 0 Å². The summed E-state index contributed by atoms with van der Waals surface area (Å²) in [6.07, 6.45) is 5.43. The molecule has 0 spiro atoms. The molecule has 0 saturated carbocycles. The maximum Gasteiger partial charge on any atom is 0.188 e. The molecule has 0 amide bonds. The molecule has 1 saturated heterocycles. The standard InChI is InChI=1S/C13H26N4.HI/c1-12(2)11-16-13(14)15-7-10-17-8-5-3-4-6-9-17;/h1,3-11H2,2H3,(H3,14,15,16);1H. The van der Waals surface area contributed by atoms with E-state index in [0.29, 0.717) is 12.5 Å². The van der Waals surface area contributed by atoms with Crippen LogP contribution in [0.4, 0.5) is 0 Å². The average molecular weight is 366 g/mol. The number of halogens is 1. The van der Waals surface area contributed by atoms with Crippen molar-refractivity contribution in [3.8, 4) is 0 Å². The van der Waals surface area contributed by atoms with Crippen LogP contribution in [0.15, 0.2) is 17.1 Å². The molecule has 0 aromatic carbocycles. The molecule has 1 aliphatic heterocycles. The molecule has 5 heteroatoms. The Hall–Kier alpha value is -0.300. The third kappa shape index (κ3) is 8.74. The van der Waals surface area contributed by atoms with Crippen molar-refractivity contribution in [2.45, 2.75) is 32.6 Å². The zero-order valence-corrected chi connectivity index (χ0v) is 13.8. The van der Waals surface area contributed by atoms with Gasteiger partial charge in [-0.25, -0.2) is 4.99 Å². The highest BCUT2D eigenvalue weighted by Gasteiger charge is 2.07. The third-order valence-electron chi connectivity index (χ3n) is 2.95. The molecule has 3 N–H and O–H groups in total. The summed E-state index contributed by atoms with van der Waals surface area (Å²) in [6.45, 7) is 10.8. The van der Waals surface area contributed by atoms with Crippen LogP contribution in [-0.4, -0.2) is 43.6 Å². The predicted octanol–water partition coefficient (Wildman–Crippen LogP) is 1.96. The Labute approximate surface area is 128 Å². The van der Waals surface area contributed by atoms with E-state index in [0.717, 1.165) is 18.7 Å². The Bertz CT molecular complexity index is 258. The van der Waals surface area contributed by atoms with Gasteiger partial charge in [-0.3, -0.25) is 0 Å². The molecule has 1 rings (SSSR count). The maximum atomic E-state index is 5.75. The summed E-state index contributed by atoms with van der Waals surface area (Å²) < 4.78 is 0. The first kappa shape index (κ1) is 17.7. The van der Waals surface area contributed by atoms with Gasteiger partial charge in [0.25, 0.3) is 0 Å². The Morgan fingerprint density at radius 1 is 1.28 bits per heavy atom. The summed E-state index contributed by atoms with van der Waals surface area (Å²) in [5, 5.41) is 3.15. The van der Waals surface area contributed by atoms with Crippen LogP contribution in [0.1, 0.15) is 32.6 Å². The summed E-state index contributed by atoms with van der Waals surface area (Å²) in [5.74, 6) is 0.530. The number of nitrogens with zero attached hydrogens (tertiary/aromatic N) is 2. The minimum atomic E-state index is 0. The van der Waals surface area contributed by atoms with E-state index in [1.54, 1.807) is 0 Å². The van der Waals surface area contributed by atoms with E-state index in [4.69, 9.17) is 5.73 Å². The second-order valence-corrected chi connectivity index (χ2v) is 4.84. The first-order chi connectivity index (χ1) is 8.18. The van der Waals surface area contributed by atoms with Crippen molar-refractivity contribution in [3.05, 3.63) is 12.2 Å². The molecule has 18 heavy (non-hydrogen) atoms. The lowest BCUT2D eigenvalue weighted by molar-refractivity contribution is 0.289. The molecule has 1 heterocycles. The van der Waals surface area contributed by atoms with Gasteiger partial charge in [-0.2, -0.15) is 0 Å². The Balaban J connectivity index is 0.00000289. The smallest absolute Gasteiger partial charge is 0.188 e. The van der Waals surface area contributed by atoms with Crippen LogP contribution < -0.4 is 11.1 Å². The van der Waals surface area contributed by atoms with Crippen molar-refractivity contribution < 1.29 is 0 Å². The topological polar surface area (TPSA) is 53.6 Å². The van der Waals surface area contributed by atoms with E-state index in [9.17, 15) is 0 Å². The minimum Gasteiger partial charge on any atom is -0.370 e. The van der Waals surface area contributed by atoms with E-state index >= 15 is 0 Å². The van der Waals surface area contributed by atoms with Crippen molar-refractivity contribution in [1.29, 1.82) is 0 Å². The van der Waals surface area contributed by atoms with Crippen LogP contribution in [0.2, 0.25) is 0 Å². The number of hydrogen-bond acceptors (Lipinski definition) is 2. The maximum absolute atomic E-state index is 5.75. The summed E-state index contributed by atoms with van der Waals surface area (Å²) in [5.41, 5.74) is 6.78. The summed E-state index contributed by atoms with van der Waals surface area (Å²) in [6, 6.07) is 0. The van der Waals surface area contributed by atoms with Crippen LogP contribution in [-0.2, 0) is 0 Å². The molecule has 0 radical (unpaired) electrons. The fourth-order valence-corrected chi connectivity index (χ4v) is 1.98. The van der Waals surface area contributed by atoms with Crippen molar-refractivity contribution in [2.24, 2.45) is 10.7 Å². The molecule has 1 fully saturated rings. The zero-order chi connectivity index (χ0) is 12.5. The quantitative estimate of drug-likeness (QED) is 0.339. The van der Waals surface area contributed by atoms with Crippen molar-refractivity contribution in [2.75, 3.05) is 32.7 Å². The second kappa shape index (κ2) is 10.6. The van der Waals surface area contributed by atoms with Crippen LogP contribution in [0.5, 0.6) is 0 Å². The van der Waals surface area contributed by atoms with Crippen LogP contribution in [0.3, 0.4) is 0 Å². The lowest BCUT2D eigenvalue weighted by atomic mass is 10.2. The molecule has 0 bridgehead atoms. The largest absolute Gasteiger partial charge is 0.370 e. The van der Waals surface area contributed by atoms with Crippen LogP contribution in [0, 0.1) is 0 Å². The fourth-order valence-electron chi connectivity index (χ4n) is 1.98. The first-order valence-corrected chi connectivity index (χ1v) is 6.59. The van der Waals surface area contributed by atoms with Crippen molar-refractivity contribution in [3.63, 3.8) is 0 Å². The van der Waals surface area contributed by atoms with E-state index < -0.39 is 0 Å². The van der Waals surface area contributed by atoms with Gasteiger partial charge in [0, 0.05) is 13.1 Å². The highest BCUT2D eigenvalue weighted by molar-refractivity contribution is 14.0. The second-order valence-electron chi connectivity index (χ2n) is 4.84. The minimum absolute atomic E-state index is 0. The molecule has 0 unspecified atom stereocenters. The number of nitrogens with one attached hydrogen (secondary N) is 1. The number of nitrogens with two attached hydrogens (primary N) is 1. The van der Waals surface area contributed by atoms with Gasteiger partial charge in [0.2, 0.25) is 0 Å². The SMILES string of the molecule is C=C(C)CN=C(N)NCCN1CCCCCC1.I. The molecule has 0 aromatic heterocycles. The summed E-state index contributed by atoms with van der Waals surface area (Å²) >= 11 is 0. The zero-order valence-electron chi connectivity index (χ0n) is 11.5. The molecular weight excluding hydrogens is 339 g/mol. The van der Waals surface area contributed by atoms with Crippen molar-refractivity contribution in [1.82, 2.24) is 10.2 Å². The molecule has 106 valence electrons.